The van der Waals surface area contributed by atoms with Gasteiger partial charge in [0.15, 0.2) is 0 Å². The molecule has 0 bridgehead atoms. The maximum absolute atomic E-state index is 14.1. The molecule has 2 N–H and O–H groups in total. The quantitative estimate of drug-likeness (QED) is 0.872. The summed E-state index contributed by atoms with van der Waals surface area (Å²) in [5.74, 6) is -0.357. The van der Waals surface area contributed by atoms with Crippen molar-refractivity contribution < 1.29 is 19.3 Å². The summed E-state index contributed by atoms with van der Waals surface area (Å²) in [7, 11) is 0. The van der Waals surface area contributed by atoms with Crippen LogP contribution in [0.5, 0.6) is 0 Å². The Morgan fingerprint density at radius 3 is 2.84 bits per heavy atom. The molecule has 3 atom stereocenters. The third-order valence-corrected chi connectivity index (χ3v) is 3.31. The van der Waals surface area contributed by atoms with Crippen molar-refractivity contribution in [1.82, 2.24) is 0 Å². The summed E-state index contributed by atoms with van der Waals surface area (Å²) >= 11 is 0. The second-order valence-electron chi connectivity index (χ2n) is 5.01. The van der Waals surface area contributed by atoms with E-state index in [1.165, 1.54) is 6.07 Å². The van der Waals surface area contributed by atoms with E-state index in [9.17, 15) is 14.6 Å². The zero-order chi connectivity index (χ0) is 14.0. The molecule has 0 aromatic heterocycles. The van der Waals surface area contributed by atoms with Crippen LogP contribution in [-0.4, -0.2) is 42.1 Å². The Bertz CT molecular complexity index is 439. The monoisotopic (exact) mass is 269 g/mol. The van der Waals surface area contributed by atoms with Gasteiger partial charge in [-0.25, -0.2) is 4.39 Å². The third kappa shape index (κ3) is 3.05. The van der Waals surface area contributed by atoms with Gasteiger partial charge in [0.1, 0.15) is 5.82 Å². The van der Waals surface area contributed by atoms with Gasteiger partial charge >= 0.3 is 0 Å². The number of aliphatic hydroxyl groups excluding tert-OH is 2. The minimum atomic E-state index is -0.739. The fraction of sp³-hybridized carbons (Fsp3) is 0.571. The first-order valence-corrected chi connectivity index (χ1v) is 6.50. The number of ether oxygens (including phenoxy) is 1. The molecule has 106 valence electrons. The number of para-hydroxylation sites is 1. The number of halogens is 1. The second-order valence-corrected chi connectivity index (χ2v) is 5.01. The number of anilines is 1. The molecule has 0 saturated carbocycles. The van der Waals surface area contributed by atoms with Gasteiger partial charge in [-0.2, -0.15) is 0 Å². The van der Waals surface area contributed by atoms with Crippen LogP contribution in [0.25, 0.3) is 0 Å². The van der Waals surface area contributed by atoms with Crippen LogP contribution in [0, 0.1) is 5.82 Å². The molecule has 5 heteroatoms. The molecule has 0 amide bonds. The average Bonchev–Trinajstić information content (AvgIpc) is 2.37. The van der Waals surface area contributed by atoms with E-state index in [0.717, 1.165) is 0 Å². The van der Waals surface area contributed by atoms with Crippen LogP contribution in [-0.2, 0) is 4.74 Å². The lowest BCUT2D eigenvalue weighted by Crippen LogP contribution is -2.48. The Balaban J connectivity index is 2.35. The molecule has 2 unspecified atom stereocenters. The van der Waals surface area contributed by atoms with Crippen LogP contribution in [0.15, 0.2) is 18.2 Å². The predicted molar refractivity (Wildman–Crippen MR) is 70.7 cm³/mol. The molecular weight excluding hydrogens is 249 g/mol. The van der Waals surface area contributed by atoms with Crippen molar-refractivity contribution in [3.63, 3.8) is 0 Å². The number of hydrogen-bond acceptors (Lipinski definition) is 4. The summed E-state index contributed by atoms with van der Waals surface area (Å²) in [5, 5.41) is 19.0. The Morgan fingerprint density at radius 1 is 1.47 bits per heavy atom. The van der Waals surface area contributed by atoms with Crippen LogP contribution in [0.1, 0.15) is 25.5 Å². The third-order valence-electron chi connectivity index (χ3n) is 3.31. The van der Waals surface area contributed by atoms with Crippen molar-refractivity contribution in [3.8, 4) is 0 Å². The van der Waals surface area contributed by atoms with Crippen molar-refractivity contribution in [2.75, 3.05) is 24.6 Å². The molecule has 0 radical (unpaired) electrons. The Morgan fingerprint density at radius 2 is 2.21 bits per heavy atom. The number of morpholine rings is 1. The van der Waals surface area contributed by atoms with E-state index in [1.807, 2.05) is 11.8 Å². The maximum atomic E-state index is 14.1. The van der Waals surface area contributed by atoms with Crippen LogP contribution in [0.4, 0.5) is 10.1 Å². The largest absolute Gasteiger partial charge is 0.394 e. The number of nitrogens with zero attached hydrogens (tertiary/aromatic N) is 1. The Kier molecular flexibility index (Phi) is 4.39. The average molecular weight is 269 g/mol. The lowest BCUT2D eigenvalue weighted by atomic mass is 10.0. The molecule has 1 aromatic carbocycles. The molecule has 19 heavy (non-hydrogen) atoms. The summed E-state index contributed by atoms with van der Waals surface area (Å²) in [6, 6.07) is 4.70. The number of aliphatic hydroxyl groups is 2. The van der Waals surface area contributed by atoms with Gasteiger partial charge in [-0.1, -0.05) is 12.1 Å². The summed E-state index contributed by atoms with van der Waals surface area (Å²) in [4.78, 5) is 1.84. The first kappa shape index (κ1) is 14.2. The topological polar surface area (TPSA) is 52.9 Å². The smallest absolute Gasteiger partial charge is 0.146 e. The van der Waals surface area contributed by atoms with E-state index in [-0.39, 0.29) is 24.6 Å². The first-order valence-electron chi connectivity index (χ1n) is 6.50. The molecule has 1 heterocycles. The summed E-state index contributed by atoms with van der Waals surface area (Å²) < 4.78 is 19.6. The van der Waals surface area contributed by atoms with Gasteiger partial charge in [-0.3, -0.25) is 0 Å². The highest BCUT2D eigenvalue weighted by atomic mass is 19.1. The van der Waals surface area contributed by atoms with E-state index < -0.39 is 6.10 Å². The summed E-state index contributed by atoms with van der Waals surface area (Å²) in [6.45, 7) is 4.36. The van der Waals surface area contributed by atoms with Gasteiger partial charge in [-0.05, 0) is 19.9 Å². The fourth-order valence-corrected chi connectivity index (χ4v) is 2.53. The number of benzene rings is 1. The van der Waals surface area contributed by atoms with E-state index in [0.29, 0.717) is 24.3 Å². The molecule has 1 saturated heterocycles. The molecule has 1 aliphatic heterocycles. The summed E-state index contributed by atoms with van der Waals surface area (Å²) in [5.41, 5.74) is 0.969. The van der Waals surface area contributed by atoms with Crippen molar-refractivity contribution in [2.24, 2.45) is 0 Å². The van der Waals surface area contributed by atoms with Crippen LogP contribution in [0.3, 0.4) is 0 Å². The predicted octanol–water partition coefficient (Wildman–Crippen LogP) is 1.46. The van der Waals surface area contributed by atoms with Gasteiger partial charge in [-0.15, -0.1) is 0 Å². The van der Waals surface area contributed by atoms with Gasteiger partial charge < -0.3 is 19.8 Å². The van der Waals surface area contributed by atoms with E-state index in [4.69, 9.17) is 4.74 Å². The SMILES string of the molecule is CC1CN(c2c(F)cccc2[C@@H](C)O)CC(CO)O1. The molecule has 1 fully saturated rings. The van der Waals surface area contributed by atoms with Crippen LogP contribution in [0.2, 0.25) is 0 Å². The van der Waals surface area contributed by atoms with Crippen LogP contribution < -0.4 is 4.90 Å². The molecule has 1 aliphatic rings. The summed E-state index contributed by atoms with van der Waals surface area (Å²) in [6.07, 6.45) is -1.16. The molecule has 1 aromatic rings. The standard InChI is InChI=1S/C14H20FNO3/c1-9-6-16(7-11(8-17)19-9)14-12(10(2)18)4-3-5-13(14)15/h3-5,9-11,17-18H,6-8H2,1-2H3/t9?,10-,11?/m1/s1. The normalized spacial score (nSPS) is 25.4. The van der Waals surface area contributed by atoms with Gasteiger partial charge in [0.2, 0.25) is 0 Å². The Labute approximate surface area is 112 Å². The Hall–Kier alpha value is -1.17. The van der Waals surface area contributed by atoms with Crippen LogP contribution >= 0.6 is 0 Å². The van der Waals surface area contributed by atoms with Gasteiger partial charge in [0.05, 0.1) is 30.6 Å². The molecule has 0 spiro atoms. The number of rotatable bonds is 3. The van der Waals surface area contributed by atoms with Crippen molar-refractivity contribution in [2.45, 2.75) is 32.2 Å². The number of hydrogen-bond donors (Lipinski definition) is 2. The van der Waals surface area contributed by atoms with E-state index >= 15 is 0 Å². The van der Waals surface area contributed by atoms with Crippen molar-refractivity contribution in [1.29, 1.82) is 0 Å². The zero-order valence-corrected chi connectivity index (χ0v) is 11.2. The van der Waals surface area contributed by atoms with Gasteiger partial charge in [0, 0.05) is 18.7 Å². The minimum Gasteiger partial charge on any atom is -0.394 e. The molecular formula is C14H20FNO3. The lowest BCUT2D eigenvalue weighted by Gasteiger charge is -2.38. The van der Waals surface area contributed by atoms with E-state index in [1.54, 1.807) is 19.1 Å². The minimum absolute atomic E-state index is 0.0904. The highest BCUT2D eigenvalue weighted by Crippen LogP contribution is 2.31. The second kappa shape index (κ2) is 5.86. The first-order chi connectivity index (χ1) is 9.02. The highest BCUT2D eigenvalue weighted by Gasteiger charge is 2.28. The zero-order valence-electron chi connectivity index (χ0n) is 11.2. The molecule has 4 nitrogen and oxygen atoms in total. The lowest BCUT2D eigenvalue weighted by molar-refractivity contribution is -0.0423. The molecule has 0 aliphatic carbocycles. The fourth-order valence-electron chi connectivity index (χ4n) is 2.53. The van der Waals surface area contributed by atoms with Crippen molar-refractivity contribution in [3.05, 3.63) is 29.6 Å². The van der Waals surface area contributed by atoms with Gasteiger partial charge in [0.25, 0.3) is 0 Å². The highest BCUT2D eigenvalue weighted by molar-refractivity contribution is 5.56. The van der Waals surface area contributed by atoms with Crippen molar-refractivity contribution >= 4 is 5.69 Å². The molecule has 2 rings (SSSR count). The maximum Gasteiger partial charge on any atom is 0.146 e. The van der Waals surface area contributed by atoms with E-state index in [2.05, 4.69) is 0 Å².